The minimum atomic E-state index is -0.790. The van der Waals surface area contributed by atoms with Gasteiger partial charge in [-0.25, -0.2) is 0 Å². The lowest BCUT2D eigenvalue weighted by molar-refractivity contribution is -0.131. The number of carbonyl (C=O) groups excluding carboxylic acids is 1. The number of nitrogens with zero attached hydrogens (tertiary/aromatic N) is 1. The molecule has 18 heavy (non-hydrogen) atoms. The van der Waals surface area contributed by atoms with Crippen molar-refractivity contribution in [2.75, 3.05) is 7.11 Å². The van der Waals surface area contributed by atoms with Crippen LogP contribution in [-0.2, 0) is 11.3 Å². The van der Waals surface area contributed by atoms with Gasteiger partial charge in [-0.15, -0.1) is 0 Å². The Morgan fingerprint density at radius 3 is 2.78 bits per heavy atom. The molecule has 1 aromatic carbocycles. The van der Waals surface area contributed by atoms with Gasteiger partial charge in [0.1, 0.15) is 11.2 Å². The SMILES string of the molecule is COc1ccccc1CNC(=O)C1(C#N)CCC1. The number of hydrogen-bond acceptors (Lipinski definition) is 3. The molecular formula is C14H16N2O2. The van der Waals surface area contributed by atoms with E-state index >= 15 is 0 Å². The summed E-state index contributed by atoms with van der Waals surface area (Å²) >= 11 is 0. The molecule has 1 amide bonds. The van der Waals surface area contributed by atoms with E-state index in [1.54, 1.807) is 7.11 Å². The van der Waals surface area contributed by atoms with E-state index in [-0.39, 0.29) is 5.91 Å². The van der Waals surface area contributed by atoms with Crippen molar-refractivity contribution in [2.24, 2.45) is 5.41 Å². The third kappa shape index (κ3) is 2.17. The molecule has 0 spiro atoms. The van der Waals surface area contributed by atoms with Crippen molar-refractivity contribution in [3.8, 4) is 11.8 Å². The molecule has 1 N–H and O–H groups in total. The third-order valence-corrected chi connectivity index (χ3v) is 3.49. The highest BCUT2D eigenvalue weighted by atomic mass is 16.5. The number of hydrogen-bond donors (Lipinski definition) is 1. The smallest absolute Gasteiger partial charge is 0.240 e. The fourth-order valence-corrected chi connectivity index (χ4v) is 2.11. The molecule has 0 aliphatic heterocycles. The van der Waals surface area contributed by atoms with Gasteiger partial charge in [-0.1, -0.05) is 18.2 Å². The number of nitriles is 1. The summed E-state index contributed by atoms with van der Waals surface area (Å²) in [4.78, 5) is 12.0. The minimum Gasteiger partial charge on any atom is -0.496 e. The zero-order valence-corrected chi connectivity index (χ0v) is 10.4. The van der Waals surface area contributed by atoms with E-state index in [0.717, 1.165) is 17.7 Å². The molecule has 0 atom stereocenters. The summed E-state index contributed by atoms with van der Waals surface area (Å²) in [5.41, 5.74) is 0.128. The van der Waals surface area contributed by atoms with Crippen molar-refractivity contribution < 1.29 is 9.53 Å². The van der Waals surface area contributed by atoms with Crippen LogP contribution in [0.25, 0.3) is 0 Å². The second-order valence-electron chi connectivity index (χ2n) is 4.54. The highest BCUT2D eigenvalue weighted by Gasteiger charge is 2.44. The molecule has 2 rings (SSSR count). The maximum atomic E-state index is 12.0. The van der Waals surface area contributed by atoms with E-state index in [2.05, 4.69) is 11.4 Å². The van der Waals surface area contributed by atoms with Crippen LogP contribution in [0, 0.1) is 16.7 Å². The number of carbonyl (C=O) groups is 1. The van der Waals surface area contributed by atoms with Gasteiger partial charge in [-0.05, 0) is 25.3 Å². The van der Waals surface area contributed by atoms with Gasteiger partial charge in [0.15, 0.2) is 0 Å². The summed E-state index contributed by atoms with van der Waals surface area (Å²) in [6.45, 7) is 0.395. The van der Waals surface area contributed by atoms with Gasteiger partial charge >= 0.3 is 0 Å². The van der Waals surface area contributed by atoms with Crippen LogP contribution in [0.4, 0.5) is 0 Å². The zero-order chi connectivity index (χ0) is 13.0. The van der Waals surface area contributed by atoms with Gasteiger partial charge in [0.05, 0.1) is 13.2 Å². The molecule has 0 unspecified atom stereocenters. The maximum absolute atomic E-state index is 12.0. The first-order valence-electron chi connectivity index (χ1n) is 6.03. The molecule has 94 valence electrons. The summed E-state index contributed by atoms with van der Waals surface area (Å²) in [7, 11) is 1.60. The van der Waals surface area contributed by atoms with Crippen LogP contribution in [0.15, 0.2) is 24.3 Å². The number of methoxy groups -OCH3 is 1. The molecule has 0 aromatic heterocycles. The van der Waals surface area contributed by atoms with Crippen LogP contribution in [-0.4, -0.2) is 13.0 Å². The van der Waals surface area contributed by atoms with Crippen LogP contribution in [0.5, 0.6) is 5.75 Å². The largest absolute Gasteiger partial charge is 0.496 e. The van der Waals surface area contributed by atoms with Gasteiger partial charge in [-0.3, -0.25) is 4.79 Å². The first-order valence-corrected chi connectivity index (χ1v) is 6.03. The summed E-state index contributed by atoms with van der Waals surface area (Å²) < 4.78 is 5.21. The average Bonchev–Trinajstić information content (AvgIpc) is 2.36. The van der Waals surface area contributed by atoms with Crippen molar-refractivity contribution in [3.05, 3.63) is 29.8 Å². The van der Waals surface area contributed by atoms with Gasteiger partial charge in [0, 0.05) is 12.1 Å². The molecular weight excluding hydrogens is 228 g/mol. The quantitative estimate of drug-likeness (QED) is 0.881. The first-order chi connectivity index (χ1) is 8.72. The van der Waals surface area contributed by atoms with Crippen LogP contribution in [0.1, 0.15) is 24.8 Å². The fraction of sp³-hybridized carbons (Fsp3) is 0.429. The number of benzene rings is 1. The topological polar surface area (TPSA) is 62.1 Å². The predicted molar refractivity (Wildman–Crippen MR) is 66.7 cm³/mol. The van der Waals surface area contributed by atoms with Crippen molar-refractivity contribution in [2.45, 2.75) is 25.8 Å². The molecule has 4 heteroatoms. The van der Waals surface area contributed by atoms with Crippen LogP contribution in [0.2, 0.25) is 0 Å². The van der Waals surface area contributed by atoms with Crippen LogP contribution >= 0.6 is 0 Å². The average molecular weight is 244 g/mol. The minimum absolute atomic E-state index is 0.165. The van der Waals surface area contributed by atoms with Crippen molar-refractivity contribution in [1.82, 2.24) is 5.32 Å². The number of amides is 1. The molecule has 0 radical (unpaired) electrons. The lowest BCUT2D eigenvalue weighted by Crippen LogP contribution is -2.44. The monoisotopic (exact) mass is 244 g/mol. The normalized spacial score (nSPS) is 16.2. The predicted octanol–water partition coefficient (Wildman–Crippen LogP) is 2.01. The van der Waals surface area contributed by atoms with Crippen molar-refractivity contribution in [3.63, 3.8) is 0 Å². The van der Waals surface area contributed by atoms with E-state index in [9.17, 15) is 4.79 Å². The van der Waals surface area contributed by atoms with Gasteiger partial charge in [0.2, 0.25) is 5.91 Å². The van der Waals surface area contributed by atoms with Crippen LogP contribution in [0.3, 0.4) is 0 Å². The van der Waals surface area contributed by atoms with E-state index in [4.69, 9.17) is 10.00 Å². The second kappa shape index (κ2) is 5.09. The Morgan fingerprint density at radius 2 is 2.22 bits per heavy atom. The van der Waals surface area contributed by atoms with E-state index in [0.29, 0.717) is 19.4 Å². The summed E-state index contributed by atoms with van der Waals surface area (Å²) in [6, 6.07) is 9.67. The Kier molecular flexibility index (Phi) is 3.52. The van der Waals surface area contributed by atoms with Gasteiger partial charge < -0.3 is 10.1 Å². The Bertz CT molecular complexity index is 487. The number of nitrogens with one attached hydrogen (secondary N) is 1. The van der Waals surface area contributed by atoms with Crippen molar-refractivity contribution >= 4 is 5.91 Å². The Labute approximate surface area is 107 Å². The summed E-state index contributed by atoms with van der Waals surface area (Å²) in [5.74, 6) is 0.583. The number of para-hydroxylation sites is 1. The van der Waals surface area contributed by atoms with E-state index in [1.165, 1.54) is 0 Å². The molecule has 1 aliphatic rings. The molecule has 0 saturated heterocycles. The molecule has 1 aromatic rings. The maximum Gasteiger partial charge on any atom is 0.240 e. The van der Waals surface area contributed by atoms with Crippen LogP contribution < -0.4 is 10.1 Å². The third-order valence-electron chi connectivity index (χ3n) is 3.49. The summed E-state index contributed by atoms with van der Waals surface area (Å²) in [5, 5.41) is 11.9. The number of ether oxygens (including phenoxy) is 1. The Hall–Kier alpha value is -2.02. The molecule has 0 heterocycles. The second-order valence-corrected chi connectivity index (χ2v) is 4.54. The molecule has 4 nitrogen and oxygen atoms in total. The molecule has 1 fully saturated rings. The standard InChI is InChI=1S/C14H16N2O2/c1-18-12-6-3-2-5-11(12)9-16-13(17)14(10-15)7-4-8-14/h2-3,5-6H,4,7-9H2,1H3,(H,16,17). The Balaban J connectivity index is 2.00. The molecule has 1 aliphatic carbocycles. The lowest BCUT2D eigenvalue weighted by Gasteiger charge is -2.33. The van der Waals surface area contributed by atoms with E-state index in [1.807, 2.05) is 24.3 Å². The molecule has 0 bridgehead atoms. The highest BCUT2D eigenvalue weighted by molar-refractivity contribution is 5.86. The Morgan fingerprint density at radius 1 is 1.50 bits per heavy atom. The van der Waals surface area contributed by atoms with Crippen molar-refractivity contribution in [1.29, 1.82) is 5.26 Å². The zero-order valence-electron chi connectivity index (χ0n) is 10.4. The highest BCUT2D eigenvalue weighted by Crippen LogP contribution is 2.40. The van der Waals surface area contributed by atoms with E-state index < -0.39 is 5.41 Å². The van der Waals surface area contributed by atoms with Gasteiger partial charge in [0.25, 0.3) is 0 Å². The lowest BCUT2D eigenvalue weighted by atomic mass is 9.69. The summed E-state index contributed by atoms with van der Waals surface area (Å²) in [6.07, 6.45) is 2.29. The molecule has 1 saturated carbocycles. The fourth-order valence-electron chi connectivity index (χ4n) is 2.11. The number of rotatable bonds is 4. The first kappa shape index (κ1) is 12.4. The van der Waals surface area contributed by atoms with Gasteiger partial charge in [-0.2, -0.15) is 5.26 Å².